The molecule has 0 saturated heterocycles. The van der Waals surface area contributed by atoms with Gasteiger partial charge in [0, 0.05) is 6.54 Å². The Morgan fingerprint density at radius 2 is 2.06 bits per heavy atom. The Balaban J connectivity index is 2.48. The lowest BCUT2D eigenvalue weighted by molar-refractivity contribution is -0.127. The van der Waals surface area contributed by atoms with Gasteiger partial charge in [0.2, 0.25) is 5.91 Å². The molecular formula is C12H24N2O2. The Morgan fingerprint density at radius 3 is 2.56 bits per heavy atom. The van der Waals surface area contributed by atoms with E-state index in [2.05, 4.69) is 5.32 Å². The number of aliphatic hydroxyl groups excluding tert-OH is 1. The van der Waals surface area contributed by atoms with Crippen molar-refractivity contribution in [3.05, 3.63) is 0 Å². The summed E-state index contributed by atoms with van der Waals surface area (Å²) in [7, 11) is 0. The highest BCUT2D eigenvalue weighted by Gasteiger charge is 2.28. The fraction of sp³-hybridized carbons (Fsp3) is 0.917. The Bertz CT molecular complexity index is 231. The molecule has 0 bridgehead atoms. The minimum Gasteiger partial charge on any atom is -0.391 e. The normalized spacial score (nSPS) is 27.8. The molecule has 1 unspecified atom stereocenters. The summed E-state index contributed by atoms with van der Waals surface area (Å²) in [5.74, 6) is 0.0864. The van der Waals surface area contributed by atoms with Crippen LogP contribution in [0.15, 0.2) is 0 Å². The van der Waals surface area contributed by atoms with Gasteiger partial charge in [-0.15, -0.1) is 0 Å². The average molecular weight is 228 g/mol. The van der Waals surface area contributed by atoms with Crippen molar-refractivity contribution in [2.24, 2.45) is 17.6 Å². The maximum absolute atomic E-state index is 11.9. The molecule has 0 radical (unpaired) electrons. The quantitative estimate of drug-likeness (QED) is 0.661. The molecule has 1 rings (SSSR count). The largest absolute Gasteiger partial charge is 0.391 e. The molecule has 0 aliphatic heterocycles. The summed E-state index contributed by atoms with van der Waals surface area (Å²) >= 11 is 0. The van der Waals surface area contributed by atoms with E-state index in [1.807, 2.05) is 13.8 Å². The molecule has 1 aliphatic rings. The Kier molecular flexibility index (Phi) is 5.22. The molecule has 1 aliphatic carbocycles. The molecule has 0 heterocycles. The van der Waals surface area contributed by atoms with E-state index in [4.69, 9.17) is 5.73 Å². The van der Waals surface area contributed by atoms with Crippen molar-refractivity contribution >= 4 is 5.91 Å². The maximum Gasteiger partial charge on any atom is 0.224 e. The van der Waals surface area contributed by atoms with Gasteiger partial charge >= 0.3 is 0 Å². The van der Waals surface area contributed by atoms with E-state index in [1.54, 1.807) is 0 Å². The van der Waals surface area contributed by atoms with Gasteiger partial charge in [0.05, 0.1) is 18.1 Å². The third kappa shape index (κ3) is 3.46. The Morgan fingerprint density at radius 1 is 1.44 bits per heavy atom. The van der Waals surface area contributed by atoms with E-state index in [0.717, 1.165) is 25.7 Å². The molecule has 1 saturated carbocycles. The first-order chi connectivity index (χ1) is 7.56. The molecule has 0 aromatic heterocycles. The standard InChI is InChI=1S/C12H24N2O2/c1-8(2)9(7-13)12(16)14-10-5-3-4-6-11(10)15/h8-11,15H,3-7,13H2,1-2H3,(H,14,16)/t9?,10-,11-/m0/s1. The van der Waals surface area contributed by atoms with Crippen LogP contribution in [-0.2, 0) is 4.79 Å². The summed E-state index contributed by atoms with van der Waals surface area (Å²) in [4.78, 5) is 11.9. The summed E-state index contributed by atoms with van der Waals surface area (Å²) in [6, 6.07) is -0.0750. The smallest absolute Gasteiger partial charge is 0.224 e. The zero-order chi connectivity index (χ0) is 12.1. The molecule has 16 heavy (non-hydrogen) atoms. The van der Waals surface area contributed by atoms with Gasteiger partial charge < -0.3 is 16.2 Å². The van der Waals surface area contributed by atoms with E-state index in [0.29, 0.717) is 6.54 Å². The lowest BCUT2D eigenvalue weighted by Gasteiger charge is -2.30. The Hall–Kier alpha value is -0.610. The van der Waals surface area contributed by atoms with E-state index < -0.39 is 0 Å². The number of rotatable bonds is 4. The predicted molar refractivity (Wildman–Crippen MR) is 63.8 cm³/mol. The van der Waals surface area contributed by atoms with E-state index >= 15 is 0 Å². The van der Waals surface area contributed by atoms with Gasteiger partial charge in [-0.3, -0.25) is 4.79 Å². The van der Waals surface area contributed by atoms with Gasteiger partial charge in [0.15, 0.2) is 0 Å². The van der Waals surface area contributed by atoms with Crippen LogP contribution in [0, 0.1) is 11.8 Å². The zero-order valence-corrected chi connectivity index (χ0v) is 10.3. The second-order valence-electron chi connectivity index (χ2n) is 5.05. The second-order valence-corrected chi connectivity index (χ2v) is 5.05. The van der Waals surface area contributed by atoms with Gasteiger partial charge in [-0.2, -0.15) is 0 Å². The van der Waals surface area contributed by atoms with Crippen LogP contribution in [0.5, 0.6) is 0 Å². The first-order valence-electron chi connectivity index (χ1n) is 6.24. The summed E-state index contributed by atoms with van der Waals surface area (Å²) in [5, 5.41) is 12.7. The summed E-state index contributed by atoms with van der Waals surface area (Å²) in [6.45, 7) is 4.36. The van der Waals surface area contributed by atoms with Crippen LogP contribution in [0.2, 0.25) is 0 Å². The first kappa shape index (κ1) is 13.5. The van der Waals surface area contributed by atoms with Crippen LogP contribution < -0.4 is 11.1 Å². The lowest BCUT2D eigenvalue weighted by Crippen LogP contribution is -2.49. The van der Waals surface area contributed by atoms with Crippen molar-refractivity contribution in [1.29, 1.82) is 0 Å². The topological polar surface area (TPSA) is 75.4 Å². The number of nitrogens with two attached hydrogens (primary N) is 1. The molecule has 0 spiro atoms. The van der Waals surface area contributed by atoms with E-state index in [1.165, 1.54) is 0 Å². The Labute approximate surface area is 97.6 Å². The van der Waals surface area contributed by atoms with Crippen molar-refractivity contribution in [3.8, 4) is 0 Å². The van der Waals surface area contributed by atoms with Gasteiger partial charge in [-0.1, -0.05) is 26.7 Å². The minimum absolute atomic E-state index is 0.0107. The van der Waals surface area contributed by atoms with Crippen LogP contribution >= 0.6 is 0 Å². The molecule has 3 atom stereocenters. The maximum atomic E-state index is 11.9. The third-order valence-corrected chi connectivity index (χ3v) is 3.45. The van der Waals surface area contributed by atoms with Gasteiger partial charge in [0.25, 0.3) is 0 Å². The lowest BCUT2D eigenvalue weighted by atomic mass is 9.90. The number of aliphatic hydroxyl groups is 1. The average Bonchev–Trinajstić information content (AvgIpc) is 2.22. The molecular weight excluding hydrogens is 204 g/mol. The fourth-order valence-corrected chi connectivity index (χ4v) is 2.25. The third-order valence-electron chi connectivity index (χ3n) is 3.45. The minimum atomic E-state index is -0.386. The van der Waals surface area contributed by atoms with Crippen molar-refractivity contribution in [3.63, 3.8) is 0 Å². The van der Waals surface area contributed by atoms with Gasteiger partial charge in [-0.05, 0) is 18.8 Å². The molecule has 0 aromatic carbocycles. The van der Waals surface area contributed by atoms with Gasteiger partial charge in [-0.25, -0.2) is 0 Å². The van der Waals surface area contributed by atoms with Gasteiger partial charge in [0.1, 0.15) is 0 Å². The molecule has 4 N–H and O–H groups in total. The molecule has 1 fully saturated rings. The van der Waals surface area contributed by atoms with Crippen LogP contribution in [0.3, 0.4) is 0 Å². The second kappa shape index (κ2) is 6.21. The van der Waals surface area contributed by atoms with Crippen LogP contribution in [0.4, 0.5) is 0 Å². The number of amides is 1. The molecule has 4 nitrogen and oxygen atoms in total. The van der Waals surface area contributed by atoms with Crippen molar-refractivity contribution in [2.75, 3.05) is 6.54 Å². The van der Waals surface area contributed by atoms with E-state index in [-0.39, 0.29) is 29.9 Å². The number of hydrogen-bond donors (Lipinski definition) is 3. The SMILES string of the molecule is CC(C)C(CN)C(=O)N[C@H]1CCCC[C@@H]1O. The molecule has 94 valence electrons. The number of carbonyl (C=O) groups is 1. The number of hydrogen-bond acceptors (Lipinski definition) is 3. The predicted octanol–water partition coefficient (Wildman–Crippen LogP) is 0.637. The van der Waals surface area contributed by atoms with Crippen molar-refractivity contribution < 1.29 is 9.90 Å². The highest BCUT2D eigenvalue weighted by atomic mass is 16.3. The van der Waals surface area contributed by atoms with Crippen LogP contribution in [0.25, 0.3) is 0 Å². The highest BCUT2D eigenvalue weighted by molar-refractivity contribution is 5.79. The molecule has 4 heteroatoms. The van der Waals surface area contributed by atoms with E-state index in [9.17, 15) is 9.90 Å². The number of carbonyl (C=O) groups excluding carboxylic acids is 1. The molecule has 1 amide bonds. The number of nitrogens with one attached hydrogen (secondary N) is 1. The van der Waals surface area contributed by atoms with Crippen LogP contribution in [0.1, 0.15) is 39.5 Å². The highest BCUT2D eigenvalue weighted by Crippen LogP contribution is 2.19. The summed E-state index contributed by atoms with van der Waals surface area (Å²) < 4.78 is 0. The van der Waals surface area contributed by atoms with Crippen LogP contribution in [-0.4, -0.2) is 29.7 Å². The van der Waals surface area contributed by atoms with Crippen molar-refractivity contribution in [1.82, 2.24) is 5.32 Å². The first-order valence-corrected chi connectivity index (χ1v) is 6.24. The van der Waals surface area contributed by atoms with Crippen molar-refractivity contribution in [2.45, 2.75) is 51.7 Å². The fourth-order valence-electron chi connectivity index (χ4n) is 2.25. The summed E-state index contributed by atoms with van der Waals surface area (Å²) in [6.07, 6.45) is 3.42. The summed E-state index contributed by atoms with van der Waals surface area (Å²) in [5.41, 5.74) is 5.59. The molecule has 0 aromatic rings. The monoisotopic (exact) mass is 228 g/mol. The zero-order valence-electron chi connectivity index (χ0n) is 10.3.